The molecule has 0 aliphatic carbocycles. The molecule has 0 atom stereocenters. The molecule has 0 radical (unpaired) electrons. The average molecular weight is 266 g/mol. The maximum Gasteiger partial charge on any atom is 0.320 e. The molecule has 0 bridgehead atoms. The topological polar surface area (TPSA) is 64.9 Å². The van der Waals surface area contributed by atoms with Crippen LogP contribution in [0.4, 0.5) is 10.5 Å². The molecule has 0 aromatic heterocycles. The molecule has 0 aliphatic heterocycles. The number of carbonyl (C=O) groups is 1. The molecule has 2 N–H and O–H groups in total. The lowest BCUT2D eigenvalue weighted by Gasteiger charge is -2.24. The Labute approximate surface area is 112 Å². The van der Waals surface area contributed by atoms with E-state index in [1.807, 2.05) is 13.8 Å². The number of anilines is 1. The predicted molar refractivity (Wildman–Crippen MR) is 72.5 cm³/mol. The monoisotopic (exact) mass is 265 g/mol. The Balaban J connectivity index is 2.67. The molecule has 0 aliphatic rings. The van der Waals surface area contributed by atoms with E-state index in [1.165, 1.54) is 0 Å². The standard InChI is InChI=1S/C13H16ClN3O/c1-3-13(4-2,9-15)17-12(18)16-11-7-5-10(14)6-8-11/h5-8H,3-4H2,1-2H3,(H2,16,17,18). The van der Waals surface area contributed by atoms with E-state index in [2.05, 4.69) is 16.7 Å². The molecule has 0 saturated heterocycles. The van der Waals surface area contributed by atoms with Gasteiger partial charge in [-0.05, 0) is 37.1 Å². The summed E-state index contributed by atoms with van der Waals surface area (Å²) in [5.74, 6) is 0. The molecule has 0 heterocycles. The third kappa shape index (κ3) is 3.64. The van der Waals surface area contributed by atoms with Crippen molar-refractivity contribution in [3.63, 3.8) is 0 Å². The Morgan fingerprint density at radius 2 is 1.89 bits per heavy atom. The molecule has 0 saturated carbocycles. The van der Waals surface area contributed by atoms with Crippen LogP contribution in [0.15, 0.2) is 24.3 Å². The predicted octanol–water partition coefficient (Wildman–Crippen LogP) is 3.54. The number of amides is 2. The maximum absolute atomic E-state index is 11.8. The van der Waals surface area contributed by atoms with Gasteiger partial charge in [-0.3, -0.25) is 0 Å². The van der Waals surface area contributed by atoms with Crippen LogP contribution in [0.25, 0.3) is 0 Å². The molecule has 2 amide bonds. The summed E-state index contributed by atoms with van der Waals surface area (Å²) in [5, 5.41) is 15.1. The van der Waals surface area contributed by atoms with Crippen molar-refractivity contribution in [3.8, 4) is 6.07 Å². The minimum absolute atomic E-state index is 0.387. The van der Waals surface area contributed by atoms with E-state index < -0.39 is 5.54 Å². The number of nitrogens with one attached hydrogen (secondary N) is 2. The first kappa shape index (κ1) is 14.3. The van der Waals surface area contributed by atoms with Crippen LogP contribution in [0.2, 0.25) is 5.02 Å². The smallest absolute Gasteiger partial charge is 0.319 e. The molecular formula is C13H16ClN3O. The zero-order valence-electron chi connectivity index (χ0n) is 10.5. The fraction of sp³-hybridized carbons (Fsp3) is 0.385. The van der Waals surface area contributed by atoms with Crippen LogP contribution < -0.4 is 10.6 Å². The molecule has 0 unspecified atom stereocenters. The second kappa shape index (κ2) is 6.27. The number of hydrogen-bond acceptors (Lipinski definition) is 2. The normalized spacial score (nSPS) is 10.6. The van der Waals surface area contributed by atoms with Gasteiger partial charge in [0.25, 0.3) is 0 Å². The number of benzene rings is 1. The molecule has 4 nitrogen and oxygen atoms in total. The molecular weight excluding hydrogens is 250 g/mol. The van der Waals surface area contributed by atoms with Crippen LogP contribution >= 0.6 is 11.6 Å². The van der Waals surface area contributed by atoms with Crippen molar-refractivity contribution in [2.45, 2.75) is 32.2 Å². The van der Waals surface area contributed by atoms with Crippen molar-refractivity contribution in [1.82, 2.24) is 5.32 Å². The minimum Gasteiger partial charge on any atom is -0.319 e. The number of nitriles is 1. The van der Waals surface area contributed by atoms with Crippen LogP contribution in [0.3, 0.4) is 0 Å². The Morgan fingerprint density at radius 1 is 1.33 bits per heavy atom. The average Bonchev–Trinajstić information content (AvgIpc) is 2.39. The van der Waals surface area contributed by atoms with Gasteiger partial charge in [-0.1, -0.05) is 25.4 Å². The van der Waals surface area contributed by atoms with Gasteiger partial charge in [-0.15, -0.1) is 0 Å². The Kier molecular flexibility index (Phi) is 4.99. The van der Waals surface area contributed by atoms with Crippen LogP contribution in [0.1, 0.15) is 26.7 Å². The van der Waals surface area contributed by atoms with E-state index >= 15 is 0 Å². The van der Waals surface area contributed by atoms with E-state index in [0.717, 1.165) is 0 Å². The van der Waals surface area contributed by atoms with Crippen LogP contribution in [0.5, 0.6) is 0 Å². The fourth-order valence-electron chi connectivity index (χ4n) is 1.53. The largest absolute Gasteiger partial charge is 0.320 e. The number of hydrogen-bond donors (Lipinski definition) is 2. The highest BCUT2D eigenvalue weighted by Crippen LogP contribution is 2.16. The summed E-state index contributed by atoms with van der Waals surface area (Å²) >= 11 is 5.75. The van der Waals surface area contributed by atoms with Gasteiger partial charge in [0.15, 0.2) is 0 Å². The number of urea groups is 1. The molecule has 0 fully saturated rings. The third-order valence-corrected chi connectivity index (χ3v) is 3.13. The zero-order chi connectivity index (χ0) is 13.6. The van der Waals surface area contributed by atoms with Gasteiger partial charge >= 0.3 is 6.03 Å². The summed E-state index contributed by atoms with van der Waals surface area (Å²) in [6.07, 6.45) is 1.13. The summed E-state index contributed by atoms with van der Waals surface area (Å²) in [6, 6.07) is 8.54. The van der Waals surface area contributed by atoms with Crippen molar-refractivity contribution in [1.29, 1.82) is 5.26 Å². The van der Waals surface area contributed by atoms with Crippen molar-refractivity contribution >= 4 is 23.3 Å². The molecule has 5 heteroatoms. The van der Waals surface area contributed by atoms with Crippen molar-refractivity contribution in [2.24, 2.45) is 0 Å². The highest BCUT2D eigenvalue weighted by atomic mass is 35.5. The van der Waals surface area contributed by atoms with E-state index in [4.69, 9.17) is 16.9 Å². The molecule has 1 aromatic rings. The lowest BCUT2D eigenvalue weighted by molar-refractivity contribution is 0.242. The van der Waals surface area contributed by atoms with Gasteiger partial charge < -0.3 is 10.6 Å². The van der Waals surface area contributed by atoms with Gasteiger partial charge in [0.1, 0.15) is 5.54 Å². The first-order valence-corrected chi connectivity index (χ1v) is 6.19. The van der Waals surface area contributed by atoms with Crippen molar-refractivity contribution in [3.05, 3.63) is 29.3 Å². The lowest BCUT2D eigenvalue weighted by Crippen LogP contribution is -2.48. The van der Waals surface area contributed by atoms with Gasteiger partial charge in [0.05, 0.1) is 6.07 Å². The number of rotatable bonds is 4. The van der Waals surface area contributed by atoms with Crippen LogP contribution in [-0.2, 0) is 0 Å². The Morgan fingerprint density at radius 3 is 2.33 bits per heavy atom. The Hall–Kier alpha value is -1.73. The fourth-order valence-corrected chi connectivity index (χ4v) is 1.65. The van der Waals surface area contributed by atoms with Gasteiger partial charge in [-0.25, -0.2) is 4.79 Å². The van der Waals surface area contributed by atoms with E-state index in [0.29, 0.717) is 23.6 Å². The summed E-state index contributed by atoms with van der Waals surface area (Å²) in [6.45, 7) is 3.74. The Bertz CT molecular complexity index is 446. The van der Waals surface area contributed by atoms with Gasteiger partial charge in [0, 0.05) is 10.7 Å². The van der Waals surface area contributed by atoms with Crippen LogP contribution in [-0.4, -0.2) is 11.6 Å². The summed E-state index contributed by atoms with van der Waals surface area (Å²) in [7, 11) is 0. The van der Waals surface area contributed by atoms with Crippen LogP contribution in [0, 0.1) is 11.3 Å². The number of halogens is 1. The quantitative estimate of drug-likeness (QED) is 0.874. The number of nitrogens with zero attached hydrogens (tertiary/aromatic N) is 1. The molecule has 1 aromatic carbocycles. The second-order valence-electron chi connectivity index (χ2n) is 3.99. The van der Waals surface area contributed by atoms with Crippen molar-refractivity contribution < 1.29 is 4.79 Å². The molecule has 18 heavy (non-hydrogen) atoms. The minimum atomic E-state index is -0.809. The van der Waals surface area contributed by atoms with Gasteiger partial charge in [0.2, 0.25) is 0 Å². The molecule has 0 spiro atoms. The van der Waals surface area contributed by atoms with Crippen molar-refractivity contribution in [2.75, 3.05) is 5.32 Å². The highest BCUT2D eigenvalue weighted by molar-refractivity contribution is 6.30. The van der Waals surface area contributed by atoms with E-state index in [9.17, 15) is 4.79 Å². The lowest BCUT2D eigenvalue weighted by atomic mass is 9.95. The van der Waals surface area contributed by atoms with Gasteiger partial charge in [-0.2, -0.15) is 5.26 Å². The summed E-state index contributed by atoms with van der Waals surface area (Å²) in [5.41, 5.74) is -0.174. The second-order valence-corrected chi connectivity index (χ2v) is 4.42. The highest BCUT2D eigenvalue weighted by Gasteiger charge is 2.27. The first-order valence-electron chi connectivity index (χ1n) is 5.81. The maximum atomic E-state index is 11.8. The van der Waals surface area contributed by atoms with E-state index in [1.54, 1.807) is 24.3 Å². The molecule has 1 rings (SSSR count). The SMILES string of the molecule is CCC(C#N)(CC)NC(=O)Nc1ccc(Cl)cc1. The molecule has 96 valence electrons. The first-order chi connectivity index (χ1) is 8.55. The summed E-state index contributed by atoms with van der Waals surface area (Å²) < 4.78 is 0. The zero-order valence-corrected chi connectivity index (χ0v) is 11.2. The third-order valence-electron chi connectivity index (χ3n) is 2.88. The number of carbonyl (C=O) groups excluding carboxylic acids is 1. The van der Waals surface area contributed by atoms with E-state index in [-0.39, 0.29) is 6.03 Å². The summed E-state index contributed by atoms with van der Waals surface area (Å²) in [4.78, 5) is 11.8.